The fourth-order valence-electron chi connectivity index (χ4n) is 3.36. The summed E-state index contributed by atoms with van der Waals surface area (Å²) in [5.74, 6) is -0.838. The molecule has 0 bridgehead atoms. The maximum Gasteiger partial charge on any atom is 0.317 e. The molecule has 1 aliphatic heterocycles. The molecule has 2 fully saturated rings. The summed E-state index contributed by atoms with van der Waals surface area (Å²) in [7, 11) is 0. The molecule has 2 rings (SSSR count). The van der Waals surface area contributed by atoms with Crippen molar-refractivity contribution >= 4 is 12.0 Å². The van der Waals surface area contributed by atoms with Gasteiger partial charge >= 0.3 is 12.0 Å². The van der Waals surface area contributed by atoms with Gasteiger partial charge in [0.15, 0.2) is 0 Å². The Bertz CT molecular complexity index is 374. The average molecular weight is 298 g/mol. The molecule has 6 nitrogen and oxygen atoms in total. The highest BCUT2D eigenvalue weighted by atomic mass is 16.5. The molecule has 0 aromatic heterocycles. The number of carboxylic acid groups (broad SMARTS) is 1. The van der Waals surface area contributed by atoms with Crippen LogP contribution in [0.5, 0.6) is 0 Å². The molecular weight excluding hydrogens is 272 g/mol. The first-order valence-electron chi connectivity index (χ1n) is 7.95. The molecule has 0 radical (unpaired) electrons. The number of carboxylic acids is 1. The Kier molecular flexibility index (Phi) is 5.45. The number of nitrogens with zero attached hydrogens (tertiary/aromatic N) is 1. The summed E-state index contributed by atoms with van der Waals surface area (Å²) in [5.41, 5.74) is -0.872. The largest absolute Gasteiger partial charge is 0.481 e. The van der Waals surface area contributed by atoms with Crippen molar-refractivity contribution in [3.63, 3.8) is 0 Å². The zero-order valence-electron chi connectivity index (χ0n) is 12.8. The molecule has 1 heterocycles. The van der Waals surface area contributed by atoms with Gasteiger partial charge in [-0.1, -0.05) is 12.8 Å². The molecule has 0 spiro atoms. The quantitative estimate of drug-likeness (QED) is 0.812. The Morgan fingerprint density at radius 2 is 1.90 bits per heavy atom. The van der Waals surface area contributed by atoms with Gasteiger partial charge in [-0.2, -0.15) is 0 Å². The highest BCUT2D eigenvalue weighted by Crippen LogP contribution is 2.30. The van der Waals surface area contributed by atoms with Gasteiger partial charge in [-0.15, -0.1) is 0 Å². The van der Waals surface area contributed by atoms with E-state index in [1.165, 1.54) is 12.8 Å². The third-order valence-electron chi connectivity index (χ3n) is 4.85. The van der Waals surface area contributed by atoms with E-state index in [-0.39, 0.29) is 12.6 Å². The number of ether oxygens (including phenoxy) is 1. The van der Waals surface area contributed by atoms with E-state index in [9.17, 15) is 14.7 Å². The van der Waals surface area contributed by atoms with Crippen LogP contribution in [-0.4, -0.2) is 54.4 Å². The highest BCUT2D eigenvalue weighted by molar-refractivity contribution is 5.78. The van der Waals surface area contributed by atoms with E-state index in [1.54, 1.807) is 0 Å². The van der Waals surface area contributed by atoms with E-state index in [4.69, 9.17) is 4.74 Å². The Hall–Kier alpha value is -1.30. The van der Waals surface area contributed by atoms with E-state index in [0.29, 0.717) is 38.6 Å². The minimum Gasteiger partial charge on any atom is -0.481 e. The summed E-state index contributed by atoms with van der Waals surface area (Å²) in [6.45, 7) is 3.72. The summed E-state index contributed by atoms with van der Waals surface area (Å²) in [6.07, 6.45) is 5.37. The molecule has 21 heavy (non-hydrogen) atoms. The zero-order valence-corrected chi connectivity index (χ0v) is 12.8. The summed E-state index contributed by atoms with van der Waals surface area (Å²) in [5, 5.41) is 12.3. The Balaban J connectivity index is 1.92. The Morgan fingerprint density at radius 1 is 1.29 bits per heavy atom. The van der Waals surface area contributed by atoms with Crippen LogP contribution in [0.4, 0.5) is 4.79 Å². The summed E-state index contributed by atoms with van der Waals surface area (Å²) in [4.78, 5) is 25.8. The topological polar surface area (TPSA) is 78.9 Å². The Morgan fingerprint density at radius 3 is 2.43 bits per heavy atom. The lowest BCUT2D eigenvalue weighted by Crippen LogP contribution is -2.51. The molecule has 1 saturated heterocycles. The van der Waals surface area contributed by atoms with Gasteiger partial charge in [0.1, 0.15) is 0 Å². The highest BCUT2D eigenvalue weighted by Gasteiger charge is 2.41. The van der Waals surface area contributed by atoms with Crippen LogP contribution < -0.4 is 5.32 Å². The number of urea groups is 1. The van der Waals surface area contributed by atoms with E-state index < -0.39 is 11.4 Å². The molecule has 120 valence electrons. The van der Waals surface area contributed by atoms with E-state index in [0.717, 1.165) is 12.8 Å². The normalized spacial score (nSPS) is 22.0. The second kappa shape index (κ2) is 7.11. The van der Waals surface area contributed by atoms with Crippen LogP contribution in [0.2, 0.25) is 0 Å². The molecule has 2 N–H and O–H groups in total. The van der Waals surface area contributed by atoms with Crippen LogP contribution >= 0.6 is 0 Å². The van der Waals surface area contributed by atoms with Gasteiger partial charge in [0.05, 0.1) is 5.41 Å². The molecule has 0 atom stereocenters. The molecule has 0 unspecified atom stereocenters. The third kappa shape index (κ3) is 3.67. The van der Waals surface area contributed by atoms with Crippen LogP contribution in [0.15, 0.2) is 0 Å². The van der Waals surface area contributed by atoms with Crippen molar-refractivity contribution in [2.75, 3.05) is 26.3 Å². The van der Waals surface area contributed by atoms with Gasteiger partial charge in [0.2, 0.25) is 0 Å². The van der Waals surface area contributed by atoms with Gasteiger partial charge in [0, 0.05) is 32.3 Å². The molecule has 1 aliphatic carbocycles. The van der Waals surface area contributed by atoms with Crippen LogP contribution in [0.3, 0.4) is 0 Å². The maximum absolute atomic E-state index is 12.4. The Labute approximate surface area is 125 Å². The summed E-state index contributed by atoms with van der Waals surface area (Å²) >= 11 is 0. The van der Waals surface area contributed by atoms with Crippen molar-refractivity contribution in [1.82, 2.24) is 10.2 Å². The van der Waals surface area contributed by atoms with Gasteiger partial charge < -0.3 is 20.1 Å². The first-order chi connectivity index (χ1) is 10.1. The van der Waals surface area contributed by atoms with Crippen molar-refractivity contribution in [3.8, 4) is 0 Å². The van der Waals surface area contributed by atoms with Crippen molar-refractivity contribution in [1.29, 1.82) is 0 Å². The maximum atomic E-state index is 12.4. The predicted molar refractivity (Wildman–Crippen MR) is 78.2 cm³/mol. The van der Waals surface area contributed by atoms with Crippen molar-refractivity contribution in [2.24, 2.45) is 5.41 Å². The first-order valence-corrected chi connectivity index (χ1v) is 7.95. The minimum absolute atomic E-state index is 0.128. The van der Waals surface area contributed by atoms with Crippen molar-refractivity contribution in [3.05, 3.63) is 0 Å². The predicted octanol–water partition coefficient (Wildman–Crippen LogP) is 1.84. The van der Waals surface area contributed by atoms with Crippen LogP contribution in [0, 0.1) is 5.41 Å². The molecule has 6 heteroatoms. The number of carbonyl (C=O) groups excluding carboxylic acids is 1. The van der Waals surface area contributed by atoms with E-state index >= 15 is 0 Å². The van der Waals surface area contributed by atoms with E-state index in [2.05, 4.69) is 5.32 Å². The smallest absolute Gasteiger partial charge is 0.317 e. The standard InChI is InChI=1S/C15H26N2O4/c1-2-17(12-5-3-4-6-12)14(20)16-11-15(13(18)19)7-9-21-10-8-15/h12H,2-11H2,1H3,(H,16,20)(H,18,19). The molecule has 0 aromatic carbocycles. The van der Waals surface area contributed by atoms with Gasteiger partial charge in [-0.3, -0.25) is 4.79 Å². The second-order valence-electron chi connectivity index (χ2n) is 6.08. The SMILES string of the molecule is CCN(C(=O)NCC1(C(=O)O)CCOCC1)C1CCCC1. The number of amides is 2. The number of hydrogen-bond donors (Lipinski definition) is 2. The third-order valence-corrected chi connectivity index (χ3v) is 4.85. The van der Waals surface area contributed by atoms with Gasteiger partial charge in [0.25, 0.3) is 0 Å². The molecule has 0 aromatic rings. The van der Waals surface area contributed by atoms with Crippen LogP contribution in [-0.2, 0) is 9.53 Å². The number of rotatable bonds is 5. The number of hydrogen-bond acceptors (Lipinski definition) is 3. The van der Waals surface area contributed by atoms with Gasteiger partial charge in [-0.05, 0) is 32.6 Å². The molecule has 1 saturated carbocycles. The molecule has 2 amide bonds. The van der Waals surface area contributed by atoms with E-state index in [1.807, 2.05) is 11.8 Å². The number of aliphatic carboxylic acids is 1. The number of carbonyl (C=O) groups is 2. The monoisotopic (exact) mass is 298 g/mol. The van der Waals surface area contributed by atoms with Gasteiger partial charge in [-0.25, -0.2) is 4.79 Å². The fraction of sp³-hybridized carbons (Fsp3) is 0.867. The zero-order chi connectivity index (χ0) is 15.3. The summed E-state index contributed by atoms with van der Waals surface area (Å²) < 4.78 is 5.25. The average Bonchev–Trinajstić information content (AvgIpc) is 3.01. The van der Waals surface area contributed by atoms with Crippen LogP contribution in [0.25, 0.3) is 0 Å². The summed E-state index contributed by atoms with van der Waals surface area (Å²) in [6, 6.07) is 0.182. The minimum atomic E-state index is -0.872. The lowest BCUT2D eigenvalue weighted by atomic mass is 9.80. The molecular formula is C15H26N2O4. The van der Waals surface area contributed by atoms with Crippen molar-refractivity contribution in [2.45, 2.75) is 51.5 Å². The van der Waals surface area contributed by atoms with Crippen molar-refractivity contribution < 1.29 is 19.4 Å². The lowest BCUT2D eigenvalue weighted by Gasteiger charge is -2.35. The van der Waals surface area contributed by atoms with Crippen LogP contribution in [0.1, 0.15) is 45.4 Å². The lowest BCUT2D eigenvalue weighted by molar-refractivity contribution is -0.154. The first kappa shape index (κ1) is 16.1. The molecule has 2 aliphatic rings. The second-order valence-corrected chi connectivity index (χ2v) is 6.08. The number of nitrogens with one attached hydrogen (secondary N) is 1. The fourth-order valence-corrected chi connectivity index (χ4v) is 3.36.